The third kappa shape index (κ3) is 4.07. The van der Waals surface area contributed by atoms with Gasteiger partial charge in [0.15, 0.2) is 0 Å². The summed E-state index contributed by atoms with van der Waals surface area (Å²) in [5, 5.41) is 6.58. The first kappa shape index (κ1) is 22.5. The number of carbonyl (C=O) groups excluding carboxylic acids is 1. The molecule has 1 N–H and O–H groups in total. The van der Waals surface area contributed by atoms with Gasteiger partial charge in [0.2, 0.25) is 0 Å². The number of hydrogen-bond acceptors (Lipinski definition) is 3. The van der Waals surface area contributed by atoms with Crippen LogP contribution in [0.15, 0.2) is 48.7 Å². The fourth-order valence-electron chi connectivity index (χ4n) is 5.09. The first-order valence-electron chi connectivity index (χ1n) is 11.7. The molecule has 4 aromatic rings. The highest BCUT2D eigenvalue weighted by atomic mass is 35.5. The largest absolute Gasteiger partial charge is 0.497 e. The summed E-state index contributed by atoms with van der Waals surface area (Å²) in [5.74, 6) is 1.34. The molecule has 2 aromatic carbocycles. The molecule has 1 saturated heterocycles. The smallest absolute Gasteiger partial charge is 0.257 e. The van der Waals surface area contributed by atoms with Crippen LogP contribution in [0.3, 0.4) is 0 Å². The Morgan fingerprint density at radius 1 is 1.18 bits per heavy atom. The number of nitrogens with one attached hydrogen (secondary N) is 1. The van der Waals surface area contributed by atoms with Crippen molar-refractivity contribution >= 4 is 28.4 Å². The summed E-state index contributed by atoms with van der Waals surface area (Å²) in [6.07, 6.45) is 3.98. The monoisotopic (exact) mass is 476 g/mol. The van der Waals surface area contributed by atoms with E-state index in [1.165, 1.54) is 10.9 Å². The Bertz CT molecular complexity index is 1350. The SMILES string of the molecule is COc1ccc2[nH]cc(C3CCN(C(=O)c4c(C)nn(Cc5ccccc5Cl)c4C)CC3)c2c1. The fourth-order valence-corrected chi connectivity index (χ4v) is 5.28. The van der Waals surface area contributed by atoms with Crippen molar-refractivity contribution in [1.29, 1.82) is 0 Å². The van der Waals surface area contributed by atoms with Gasteiger partial charge < -0.3 is 14.6 Å². The van der Waals surface area contributed by atoms with Crippen LogP contribution >= 0.6 is 11.6 Å². The molecule has 3 heterocycles. The number of rotatable bonds is 5. The molecule has 6 nitrogen and oxygen atoms in total. The number of nitrogens with zero attached hydrogens (tertiary/aromatic N) is 3. The number of likely N-dealkylation sites (tertiary alicyclic amines) is 1. The van der Waals surface area contributed by atoms with E-state index >= 15 is 0 Å². The number of ether oxygens (including phenoxy) is 1. The molecule has 2 aromatic heterocycles. The lowest BCUT2D eigenvalue weighted by atomic mass is 9.89. The second kappa shape index (κ2) is 9.18. The van der Waals surface area contributed by atoms with Gasteiger partial charge in [0.05, 0.1) is 24.9 Å². The van der Waals surface area contributed by atoms with Crippen LogP contribution in [0.2, 0.25) is 5.02 Å². The minimum Gasteiger partial charge on any atom is -0.497 e. The number of methoxy groups -OCH3 is 1. The van der Waals surface area contributed by atoms with Crippen molar-refractivity contribution in [3.05, 3.63) is 81.8 Å². The minimum atomic E-state index is 0.0689. The van der Waals surface area contributed by atoms with Crippen molar-refractivity contribution in [2.75, 3.05) is 20.2 Å². The maximum atomic E-state index is 13.5. The van der Waals surface area contributed by atoms with Crippen molar-refractivity contribution in [2.45, 2.75) is 39.2 Å². The van der Waals surface area contributed by atoms with Crippen LogP contribution in [0, 0.1) is 13.8 Å². The molecule has 1 fully saturated rings. The molecule has 0 atom stereocenters. The van der Waals surface area contributed by atoms with Crippen LogP contribution in [-0.2, 0) is 6.54 Å². The lowest BCUT2D eigenvalue weighted by Gasteiger charge is -2.32. The van der Waals surface area contributed by atoms with Crippen molar-refractivity contribution < 1.29 is 9.53 Å². The lowest BCUT2D eigenvalue weighted by molar-refractivity contribution is 0.0711. The molecule has 0 saturated carbocycles. The van der Waals surface area contributed by atoms with E-state index < -0.39 is 0 Å². The van der Waals surface area contributed by atoms with E-state index in [1.807, 2.05) is 53.8 Å². The van der Waals surface area contributed by atoms with Crippen LogP contribution in [-0.4, -0.2) is 45.8 Å². The van der Waals surface area contributed by atoms with Crippen molar-refractivity contribution in [2.24, 2.45) is 0 Å². The summed E-state index contributed by atoms with van der Waals surface area (Å²) in [4.78, 5) is 18.8. The van der Waals surface area contributed by atoms with E-state index in [4.69, 9.17) is 16.3 Å². The number of H-pyrrole nitrogens is 1. The second-order valence-electron chi connectivity index (χ2n) is 9.02. The molecule has 5 rings (SSSR count). The van der Waals surface area contributed by atoms with Crippen LogP contribution in [0.1, 0.15) is 51.6 Å². The number of aryl methyl sites for hydroxylation is 1. The summed E-state index contributed by atoms with van der Waals surface area (Å²) >= 11 is 6.34. The highest BCUT2D eigenvalue weighted by molar-refractivity contribution is 6.31. The summed E-state index contributed by atoms with van der Waals surface area (Å²) in [6.45, 7) is 5.89. The topological polar surface area (TPSA) is 63.1 Å². The third-order valence-electron chi connectivity index (χ3n) is 7.02. The number of benzene rings is 2. The number of carbonyl (C=O) groups is 1. The number of halogens is 1. The predicted molar refractivity (Wildman–Crippen MR) is 135 cm³/mol. The average molecular weight is 477 g/mol. The van der Waals surface area contributed by atoms with Gasteiger partial charge in [0.1, 0.15) is 5.75 Å². The van der Waals surface area contributed by atoms with E-state index in [2.05, 4.69) is 28.4 Å². The van der Waals surface area contributed by atoms with Gasteiger partial charge in [0.25, 0.3) is 5.91 Å². The molecular weight excluding hydrogens is 448 g/mol. The molecule has 34 heavy (non-hydrogen) atoms. The average Bonchev–Trinajstić information content (AvgIpc) is 3.39. The van der Waals surface area contributed by atoms with Crippen LogP contribution in [0.4, 0.5) is 0 Å². The number of piperidine rings is 1. The third-order valence-corrected chi connectivity index (χ3v) is 7.38. The zero-order valence-electron chi connectivity index (χ0n) is 19.8. The van der Waals surface area contributed by atoms with Crippen LogP contribution < -0.4 is 4.74 Å². The molecule has 7 heteroatoms. The van der Waals surface area contributed by atoms with Crippen molar-refractivity contribution in [1.82, 2.24) is 19.7 Å². The Hall–Kier alpha value is -3.25. The Balaban J connectivity index is 1.31. The zero-order chi connectivity index (χ0) is 23.8. The molecule has 0 unspecified atom stereocenters. The highest BCUT2D eigenvalue weighted by Crippen LogP contribution is 2.35. The van der Waals surface area contributed by atoms with Gasteiger partial charge in [-0.25, -0.2) is 0 Å². The highest BCUT2D eigenvalue weighted by Gasteiger charge is 2.29. The number of aromatic nitrogens is 3. The van der Waals surface area contributed by atoms with Gasteiger partial charge in [-0.05, 0) is 68.0 Å². The van der Waals surface area contributed by atoms with E-state index in [9.17, 15) is 4.79 Å². The number of aromatic amines is 1. The van der Waals surface area contributed by atoms with E-state index in [1.54, 1.807) is 7.11 Å². The molecular formula is C27H29ClN4O2. The number of amides is 1. The Morgan fingerprint density at radius 3 is 2.68 bits per heavy atom. The first-order valence-corrected chi connectivity index (χ1v) is 12.1. The van der Waals surface area contributed by atoms with E-state index in [0.717, 1.165) is 54.1 Å². The first-order chi connectivity index (χ1) is 16.5. The summed E-state index contributed by atoms with van der Waals surface area (Å²) in [6, 6.07) is 13.9. The van der Waals surface area contributed by atoms with E-state index in [0.29, 0.717) is 23.0 Å². The van der Waals surface area contributed by atoms with Gasteiger partial charge in [-0.15, -0.1) is 0 Å². The summed E-state index contributed by atoms with van der Waals surface area (Å²) in [5.41, 5.74) is 5.77. The van der Waals surface area contributed by atoms with E-state index in [-0.39, 0.29) is 5.91 Å². The van der Waals surface area contributed by atoms with Gasteiger partial charge in [-0.1, -0.05) is 29.8 Å². The molecule has 1 aliphatic heterocycles. The lowest BCUT2D eigenvalue weighted by Crippen LogP contribution is -2.38. The molecule has 1 amide bonds. The van der Waals surface area contributed by atoms with Crippen LogP contribution in [0.5, 0.6) is 5.75 Å². The molecule has 0 spiro atoms. The molecule has 176 valence electrons. The standard InChI is InChI=1S/C27H29ClN4O2/c1-17-26(18(2)32(30-17)16-20-6-4-5-7-24(20)28)27(33)31-12-10-19(11-13-31)23-15-29-25-9-8-21(34-3)14-22(23)25/h4-9,14-15,19,29H,10-13,16H2,1-3H3. The Labute approximate surface area is 204 Å². The minimum absolute atomic E-state index is 0.0689. The van der Waals surface area contributed by atoms with Gasteiger partial charge in [0, 0.05) is 40.9 Å². The van der Waals surface area contributed by atoms with Gasteiger partial charge in [-0.3, -0.25) is 9.48 Å². The van der Waals surface area contributed by atoms with Gasteiger partial charge >= 0.3 is 0 Å². The molecule has 0 aliphatic carbocycles. The quantitative estimate of drug-likeness (QED) is 0.401. The van der Waals surface area contributed by atoms with Crippen LogP contribution in [0.25, 0.3) is 10.9 Å². The Morgan fingerprint density at radius 2 is 1.94 bits per heavy atom. The molecule has 0 bridgehead atoms. The van der Waals surface area contributed by atoms with Crippen molar-refractivity contribution in [3.63, 3.8) is 0 Å². The maximum Gasteiger partial charge on any atom is 0.257 e. The summed E-state index contributed by atoms with van der Waals surface area (Å²) in [7, 11) is 1.69. The van der Waals surface area contributed by atoms with Crippen molar-refractivity contribution in [3.8, 4) is 5.75 Å². The molecule has 1 aliphatic rings. The number of fused-ring (bicyclic) bond motifs is 1. The second-order valence-corrected chi connectivity index (χ2v) is 9.42. The fraction of sp³-hybridized carbons (Fsp3) is 0.333. The Kier molecular flexibility index (Phi) is 6.09. The summed E-state index contributed by atoms with van der Waals surface area (Å²) < 4.78 is 7.30. The number of hydrogen-bond donors (Lipinski definition) is 1. The molecule has 0 radical (unpaired) electrons. The maximum absolute atomic E-state index is 13.5. The predicted octanol–water partition coefficient (Wildman–Crippen LogP) is 5.71. The zero-order valence-corrected chi connectivity index (χ0v) is 20.5. The normalized spacial score (nSPS) is 14.6. The van der Waals surface area contributed by atoms with Gasteiger partial charge in [-0.2, -0.15) is 5.10 Å².